The van der Waals surface area contributed by atoms with Gasteiger partial charge >= 0.3 is 0 Å². The van der Waals surface area contributed by atoms with Crippen LogP contribution in [0.2, 0.25) is 0 Å². The molecule has 0 spiro atoms. The fourth-order valence-corrected chi connectivity index (χ4v) is 1.42. The SMILES string of the molecule is Cc1nn(-c2ccc(F)cc2)cc1CN.Cl. The lowest BCUT2D eigenvalue weighted by molar-refractivity contribution is 0.627. The van der Waals surface area contributed by atoms with E-state index in [1.54, 1.807) is 16.8 Å². The van der Waals surface area contributed by atoms with Crippen LogP contribution in [0.15, 0.2) is 30.5 Å². The molecule has 2 rings (SSSR count). The maximum absolute atomic E-state index is 12.7. The molecule has 0 fully saturated rings. The number of nitrogens with zero attached hydrogens (tertiary/aromatic N) is 2. The summed E-state index contributed by atoms with van der Waals surface area (Å²) < 4.78 is 14.4. The van der Waals surface area contributed by atoms with Gasteiger partial charge in [-0.25, -0.2) is 9.07 Å². The molecule has 1 heterocycles. The quantitative estimate of drug-likeness (QED) is 0.876. The van der Waals surface area contributed by atoms with Crippen LogP contribution in [0.4, 0.5) is 4.39 Å². The highest BCUT2D eigenvalue weighted by molar-refractivity contribution is 5.85. The Bertz CT molecular complexity index is 465. The summed E-state index contributed by atoms with van der Waals surface area (Å²) in [6, 6.07) is 6.19. The van der Waals surface area contributed by atoms with Gasteiger partial charge in [-0.3, -0.25) is 0 Å². The lowest BCUT2D eigenvalue weighted by atomic mass is 10.3. The van der Waals surface area contributed by atoms with E-state index in [9.17, 15) is 4.39 Å². The van der Waals surface area contributed by atoms with Crippen molar-refractivity contribution in [1.82, 2.24) is 9.78 Å². The minimum atomic E-state index is -0.248. The van der Waals surface area contributed by atoms with Gasteiger partial charge in [0.1, 0.15) is 5.82 Å². The molecular formula is C11H13ClFN3. The van der Waals surface area contributed by atoms with Crippen molar-refractivity contribution in [3.05, 3.63) is 47.5 Å². The fraction of sp³-hybridized carbons (Fsp3) is 0.182. The van der Waals surface area contributed by atoms with Gasteiger partial charge in [0.15, 0.2) is 0 Å². The van der Waals surface area contributed by atoms with Crippen LogP contribution in [0.5, 0.6) is 0 Å². The van der Waals surface area contributed by atoms with Crippen LogP contribution < -0.4 is 5.73 Å². The Morgan fingerprint density at radius 3 is 2.44 bits per heavy atom. The molecule has 86 valence electrons. The Morgan fingerprint density at radius 2 is 1.94 bits per heavy atom. The van der Waals surface area contributed by atoms with E-state index in [-0.39, 0.29) is 18.2 Å². The number of aryl methyl sites for hydroxylation is 1. The summed E-state index contributed by atoms with van der Waals surface area (Å²) in [4.78, 5) is 0. The second-order valence-corrected chi connectivity index (χ2v) is 3.36. The van der Waals surface area contributed by atoms with E-state index in [0.717, 1.165) is 16.9 Å². The van der Waals surface area contributed by atoms with E-state index in [2.05, 4.69) is 5.10 Å². The van der Waals surface area contributed by atoms with Crippen LogP contribution in [-0.2, 0) is 6.54 Å². The first-order valence-corrected chi connectivity index (χ1v) is 4.72. The first-order chi connectivity index (χ1) is 7.20. The molecule has 0 unspecified atom stereocenters. The van der Waals surface area contributed by atoms with E-state index in [0.29, 0.717) is 6.54 Å². The molecule has 0 saturated heterocycles. The van der Waals surface area contributed by atoms with Crippen LogP contribution in [0.3, 0.4) is 0 Å². The van der Waals surface area contributed by atoms with Gasteiger partial charge in [0.2, 0.25) is 0 Å². The van der Waals surface area contributed by atoms with Crippen LogP contribution in [0, 0.1) is 12.7 Å². The zero-order valence-electron chi connectivity index (χ0n) is 8.85. The maximum Gasteiger partial charge on any atom is 0.123 e. The minimum Gasteiger partial charge on any atom is -0.326 e. The number of nitrogens with two attached hydrogens (primary N) is 1. The molecule has 0 aliphatic carbocycles. The monoisotopic (exact) mass is 241 g/mol. The lowest BCUT2D eigenvalue weighted by Gasteiger charge is -1.99. The van der Waals surface area contributed by atoms with Gasteiger partial charge in [0.05, 0.1) is 11.4 Å². The van der Waals surface area contributed by atoms with Crippen molar-refractivity contribution in [3.63, 3.8) is 0 Å². The molecule has 0 bridgehead atoms. The van der Waals surface area contributed by atoms with Crippen molar-refractivity contribution in [1.29, 1.82) is 0 Å². The molecule has 0 radical (unpaired) electrons. The number of rotatable bonds is 2. The average molecular weight is 242 g/mol. The summed E-state index contributed by atoms with van der Waals surface area (Å²) in [7, 11) is 0. The van der Waals surface area contributed by atoms with Crippen LogP contribution in [0.1, 0.15) is 11.3 Å². The molecule has 1 aromatic heterocycles. The molecule has 0 aliphatic rings. The Labute approximate surface area is 99.5 Å². The van der Waals surface area contributed by atoms with E-state index < -0.39 is 0 Å². The van der Waals surface area contributed by atoms with Crippen LogP contribution in [-0.4, -0.2) is 9.78 Å². The summed E-state index contributed by atoms with van der Waals surface area (Å²) in [5.74, 6) is -0.248. The van der Waals surface area contributed by atoms with Crippen molar-refractivity contribution >= 4 is 12.4 Å². The topological polar surface area (TPSA) is 43.8 Å². The Hall–Kier alpha value is -1.39. The summed E-state index contributed by atoms with van der Waals surface area (Å²) in [5.41, 5.74) is 8.29. The van der Waals surface area contributed by atoms with Gasteiger partial charge in [-0.05, 0) is 31.2 Å². The molecule has 16 heavy (non-hydrogen) atoms. The highest BCUT2D eigenvalue weighted by Gasteiger charge is 2.04. The van der Waals surface area contributed by atoms with Gasteiger partial charge < -0.3 is 5.73 Å². The highest BCUT2D eigenvalue weighted by Crippen LogP contribution is 2.11. The average Bonchev–Trinajstić information content (AvgIpc) is 2.61. The first-order valence-electron chi connectivity index (χ1n) is 4.72. The van der Waals surface area contributed by atoms with E-state index >= 15 is 0 Å². The second kappa shape index (κ2) is 5.09. The largest absolute Gasteiger partial charge is 0.326 e. The molecule has 2 aromatic rings. The number of hydrogen-bond acceptors (Lipinski definition) is 2. The lowest BCUT2D eigenvalue weighted by Crippen LogP contribution is -1.96. The number of benzene rings is 1. The third-order valence-electron chi connectivity index (χ3n) is 2.31. The summed E-state index contributed by atoms with van der Waals surface area (Å²) in [6.07, 6.45) is 1.86. The van der Waals surface area contributed by atoms with Crippen molar-refractivity contribution < 1.29 is 4.39 Å². The second-order valence-electron chi connectivity index (χ2n) is 3.36. The smallest absolute Gasteiger partial charge is 0.123 e. The van der Waals surface area contributed by atoms with Crippen molar-refractivity contribution in [2.45, 2.75) is 13.5 Å². The van der Waals surface area contributed by atoms with Gasteiger partial charge in [0.25, 0.3) is 0 Å². The maximum atomic E-state index is 12.7. The number of halogens is 2. The zero-order chi connectivity index (χ0) is 10.8. The number of aromatic nitrogens is 2. The first kappa shape index (κ1) is 12.7. The molecule has 5 heteroatoms. The molecule has 0 saturated carbocycles. The normalized spacial score (nSPS) is 9.94. The molecule has 3 nitrogen and oxygen atoms in total. The van der Waals surface area contributed by atoms with Gasteiger partial charge in [0, 0.05) is 18.3 Å². The molecule has 1 aromatic carbocycles. The summed E-state index contributed by atoms with van der Waals surface area (Å²) in [5, 5.41) is 4.30. The van der Waals surface area contributed by atoms with E-state index in [1.807, 2.05) is 13.1 Å². The fourth-order valence-electron chi connectivity index (χ4n) is 1.42. The van der Waals surface area contributed by atoms with Gasteiger partial charge in [-0.2, -0.15) is 5.10 Å². The van der Waals surface area contributed by atoms with Crippen LogP contribution >= 0.6 is 12.4 Å². The summed E-state index contributed by atoms with van der Waals surface area (Å²) >= 11 is 0. The van der Waals surface area contributed by atoms with Gasteiger partial charge in [-0.1, -0.05) is 0 Å². The minimum absolute atomic E-state index is 0. The van der Waals surface area contributed by atoms with Crippen molar-refractivity contribution in [2.75, 3.05) is 0 Å². The Balaban J connectivity index is 0.00000128. The summed E-state index contributed by atoms with van der Waals surface area (Å²) in [6.45, 7) is 2.37. The zero-order valence-corrected chi connectivity index (χ0v) is 9.67. The highest BCUT2D eigenvalue weighted by atomic mass is 35.5. The molecule has 0 atom stereocenters. The molecule has 0 aliphatic heterocycles. The molecular weight excluding hydrogens is 229 g/mol. The third kappa shape index (κ3) is 2.40. The predicted molar refractivity (Wildman–Crippen MR) is 63.4 cm³/mol. The van der Waals surface area contributed by atoms with Crippen molar-refractivity contribution in [3.8, 4) is 5.69 Å². The standard InChI is InChI=1S/C11H12FN3.ClH/c1-8-9(6-13)7-15(14-8)11-4-2-10(12)3-5-11;/h2-5,7H,6,13H2,1H3;1H. The van der Waals surface area contributed by atoms with Crippen molar-refractivity contribution in [2.24, 2.45) is 5.73 Å². The predicted octanol–water partition coefficient (Wildman–Crippen LogP) is 2.20. The third-order valence-corrected chi connectivity index (χ3v) is 2.31. The molecule has 0 amide bonds. The Kier molecular flexibility index (Phi) is 4.04. The van der Waals surface area contributed by atoms with Crippen LogP contribution in [0.25, 0.3) is 5.69 Å². The van der Waals surface area contributed by atoms with E-state index in [4.69, 9.17) is 5.73 Å². The number of hydrogen-bond donors (Lipinski definition) is 1. The van der Waals surface area contributed by atoms with Gasteiger partial charge in [-0.15, -0.1) is 12.4 Å². The van der Waals surface area contributed by atoms with E-state index in [1.165, 1.54) is 12.1 Å². The molecule has 2 N–H and O–H groups in total. The Morgan fingerprint density at radius 1 is 1.31 bits per heavy atom.